The molecule has 0 spiro atoms. The molecular formula is C29H33N3O7. The van der Waals surface area contributed by atoms with Gasteiger partial charge in [0.2, 0.25) is 11.8 Å². The van der Waals surface area contributed by atoms with E-state index in [9.17, 15) is 29.4 Å². The zero-order valence-corrected chi connectivity index (χ0v) is 22.2. The summed E-state index contributed by atoms with van der Waals surface area (Å²) < 4.78 is 5.20. The topological polar surface area (TPSA) is 128 Å². The van der Waals surface area contributed by atoms with E-state index in [1.54, 1.807) is 49.2 Å². The minimum atomic E-state index is -1.93. The molecule has 0 radical (unpaired) electrons. The fourth-order valence-corrected chi connectivity index (χ4v) is 5.03. The zero-order chi connectivity index (χ0) is 28.3. The molecule has 4 rings (SSSR count). The minimum absolute atomic E-state index is 0.0243. The van der Waals surface area contributed by atoms with E-state index in [2.05, 4.69) is 0 Å². The van der Waals surface area contributed by atoms with E-state index in [1.165, 1.54) is 16.7 Å². The first-order valence-corrected chi connectivity index (χ1v) is 12.8. The number of aliphatic hydroxyl groups is 2. The average molecular weight is 536 g/mol. The smallest absolute Gasteiger partial charge is 0.304 e. The van der Waals surface area contributed by atoms with E-state index in [4.69, 9.17) is 4.74 Å². The van der Waals surface area contributed by atoms with Gasteiger partial charge in [-0.05, 0) is 23.8 Å². The number of amides is 3. The van der Waals surface area contributed by atoms with E-state index in [1.807, 2.05) is 30.3 Å². The summed E-state index contributed by atoms with van der Waals surface area (Å²) in [5.41, 5.74) is 0.235. The first kappa shape index (κ1) is 28.0. The van der Waals surface area contributed by atoms with Crippen molar-refractivity contribution in [2.24, 2.45) is 5.92 Å². The maximum absolute atomic E-state index is 13.2. The fraction of sp³-hybridized carbons (Fsp3) is 0.379. The van der Waals surface area contributed by atoms with Crippen LogP contribution in [0.1, 0.15) is 37.8 Å². The molecule has 1 unspecified atom stereocenters. The molecule has 3 amide bonds. The van der Waals surface area contributed by atoms with Crippen molar-refractivity contribution < 1.29 is 34.1 Å². The first-order valence-electron chi connectivity index (χ1n) is 12.8. The molecule has 1 fully saturated rings. The molecule has 0 saturated carbocycles. The van der Waals surface area contributed by atoms with E-state index in [-0.39, 0.29) is 37.8 Å². The molecule has 0 aliphatic carbocycles. The van der Waals surface area contributed by atoms with Crippen LogP contribution < -0.4 is 9.80 Å². The largest absolute Gasteiger partial charge is 0.441 e. The molecule has 2 aliphatic rings. The van der Waals surface area contributed by atoms with Crippen LogP contribution in [0.3, 0.4) is 0 Å². The molecule has 2 N–H and O–H groups in total. The molecule has 10 heteroatoms. The lowest BCUT2D eigenvalue weighted by Crippen LogP contribution is -2.55. The van der Waals surface area contributed by atoms with Crippen LogP contribution in [0.2, 0.25) is 0 Å². The van der Waals surface area contributed by atoms with Crippen molar-refractivity contribution in [1.82, 2.24) is 4.90 Å². The number of hydrogen-bond acceptors (Lipinski definition) is 7. The van der Waals surface area contributed by atoms with Gasteiger partial charge in [-0.2, -0.15) is 0 Å². The van der Waals surface area contributed by atoms with Crippen LogP contribution in [0, 0.1) is 5.92 Å². The Morgan fingerprint density at radius 3 is 2.56 bits per heavy atom. The molecule has 3 atom stereocenters. The summed E-state index contributed by atoms with van der Waals surface area (Å²) in [7, 11) is 1.56. The van der Waals surface area contributed by atoms with Crippen LogP contribution in [-0.4, -0.2) is 65.2 Å². The third-order valence-electron chi connectivity index (χ3n) is 7.18. The monoisotopic (exact) mass is 535 g/mol. The summed E-state index contributed by atoms with van der Waals surface area (Å²) in [5.74, 6) is -2.20. The lowest BCUT2D eigenvalue weighted by Gasteiger charge is -2.39. The number of carbonyl (C=O) groups excluding carboxylic acids is 4. The SMILES string of the molecule is CC(=O)OC1CC(=O)N1c1ccc2c(c1)[C@](O)([C@@H](C)/C=C/CC(=O)N(CCO)Cc1ccccc1)C(=O)N2C. The van der Waals surface area contributed by atoms with Crippen LogP contribution in [0.4, 0.5) is 11.4 Å². The number of benzene rings is 2. The highest BCUT2D eigenvalue weighted by atomic mass is 16.6. The molecule has 2 aliphatic heterocycles. The molecule has 0 bridgehead atoms. The number of hydrogen-bond donors (Lipinski definition) is 2. The van der Waals surface area contributed by atoms with Crippen molar-refractivity contribution in [2.45, 2.75) is 45.1 Å². The average Bonchev–Trinajstić information content (AvgIpc) is 3.09. The summed E-state index contributed by atoms with van der Waals surface area (Å²) in [6.07, 6.45) is 2.59. The zero-order valence-electron chi connectivity index (χ0n) is 22.2. The number of esters is 1. The van der Waals surface area contributed by atoms with Gasteiger partial charge >= 0.3 is 5.97 Å². The molecule has 10 nitrogen and oxygen atoms in total. The third kappa shape index (κ3) is 5.43. The van der Waals surface area contributed by atoms with Crippen LogP contribution in [0.5, 0.6) is 0 Å². The number of likely N-dealkylation sites (N-methyl/N-ethyl adjacent to an activating group) is 1. The maximum atomic E-state index is 13.2. The van der Waals surface area contributed by atoms with Gasteiger partial charge in [-0.3, -0.25) is 24.1 Å². The normalized spacial score (nSPS) is 21.1. The summed E-state index contributed by atoms with van der Waals surface area (Å²) in [4.78, 5) is 54.1. The Labute approximate surface area is 227 Å². The standard InChI is InChI=1S/C29H33N3O7/c1-19(8-7-11-25(35)31(14-15-33)18-21-9-5-4-6-10-21)29(38)23-16-22(12-13-24(23)30(3)28(29)37)32-26(36)17-27(32)39-20(2)34/h4-10,12-13,16,19,27,33,38H,11,14-15,17-18H2,1-3H3/b8-7+/t19-,27?,29+/m0/s1. The fourth-order valence-electron chi connectivity index (χ4n) is 5.03. The molecule has 2 aromatic carbocycles. The number of carbonyl (C=O) groups is 4. The Hall–Kier alpha value is -4.02. The van der Waals surface area contributed by atoms with Crippen molar-refractivity contribution in [3.63, 3.8) is 0 Å². The van der Waals surface area contributed by atoms with E-state index in [0.717, 1.165) is 5.56 Å². The van der Waals surface area contributed by atoms with Gasteiger partial charge in [0.1, 0.15) is 0 Å². The lowest BCUT2D eigenvalue weighted by atomic mass is 9.82. The van der Waals surface area contributed by atoms with Crippen molar-refractivity contribution in [1.29, 1.82) is 0 Å². The molecule has 1 saturated heterocycles. The number of anilines is 2. The molecule has 206 valence electrons. The summed E-state index contributed by atoms with van der Waals surface area (Å²) in [6.45, 7) is 3.32. The van der Waals surface area contributed by atoms with Crippen molar-refractivity contribution in [3.8, 4) is 0 Å². The summed E-state index contributed by atoms with van der Waals surface area (Å²) in [6, 6.07) is 14.3. The second-order valence-electron chi connectivity index (χ2n) is 9.81. The van der Waals surface area contributed by atoms with Crippen LogP contribution in [-0.2, 0) is 36.1 Å². The predicted molar refractivity (Wildman–Crippen MR) is 143 cm³/mol. The quantitative estimate of drug-likeness (QED) is 0.271. The van der Waals surface area contributed by atoms with E-state index in [0.29, 0.717) is 23.5 Å². The van der Waals surface area contributed by atoms with Gasteiger partial charge < -0.3 is 24.7 Å². The predicted octanol–water partition coefficient (Wildman–Crippen LogP) is 2.08. The Morgan fingerprint density at radius 2 is 1.92 bits per heavy atom. The number of ether oxygens (including phenoxy) is 1. The van der Waals surface area contributed by atoms with E-state index >= 15 is 0 Å². The molecule has 39 heavy (non-hydrogen) atoms. The van der Waals surface area contributed by atoms with Crippen LogP contribution in [0.25, 0.3) is 0 Å². The van der Waals surface area contributed by atoms with Gasteiger partial charge in [0.25, 0.3) is 5.91 Å². The van der Waals surface area contributed by atoms with Crippen molar-refractivity contribution >= 4 is 35.1 Å². The Morgan fingerprint density at radius 1 is 1.21 bits per heavy atom. The highest BCUT2D eigenvalue weighted by Gasteiger charge is 2.52. The molecule has 2 aromatic rings. The van der Waals surface area contributed by atoms with Crippen molar-refractivity contribution in [3.05, 3.63) is 71.8 Å². The molecular weight excluding hydrogens is 502 g/mol. The number of β-lactam (4-membered cyclic amide) rings is 1. The highest BCUT2D eigenvalue weighted by Crippen LogP contribution is 2.46. The third-order valence-corrected chi connectivity index (χ3v) is 7.18. The second-order valence-corrected chi connectivity index (χ2v) is 9.81. The number of rotatable bonds is 10. The first-order chi connectivity index (χ1) is 18.6. The minimum Gasteiger partial charge on any atom is -0.441 e. The number of fused-ring (bicyclic) bond motifs is 1. The maximum Gasteiger partial charge on any atom is 0.304 e. The summed E-state index contributed by atoms with van der Waals surface area (Å²) >= 11 is 0. The van der Waals surface area contributed by atoms with Crippen LogP contribution in [0.15, 0.2) is 60.7 Å². The van der Waals surface area contributed by atoms with Gasteiger partial charge in [0.05, 0.1) is 18.7 Å². The Balaban J connectivity index is 1.52. The molecule has 0 aromatic heterocycles. The van der Waals surface area contributed by atoms with E-state index < -0.39 is 29.6 Å². The Bertz CT molecular complexity index is 1300. The van der Waals surface area contributed by atoms with Crippen LogP contribution >= 0.6 is 0 Å². The second kappa shape index (κ2) is 11.4. The van der Waals surface area contributed by atoms with Gasteiger partial charge in [-0.25, -0.2) is 0 Å². The lowest BCUT2D eigenvalue weighted by molar-refractivity contribution is -0.154. The molecule has 2 heterocycles. The Kier molecular flexibility index (Phi) is 8.17. The number of nitrogens with zero attached hydrogens (tertiary/aromatic N) is 3. The summed E-state index contributed by atoms with van der Waals surface area (Å²) in [5, 5.41) is 21.1. The van der Waals surface area contributed by atoms with Gasteiger partial charge in [0, 0.05) is 50.7 Å². The van der Waals surface area contributed by atoms with Gasteiger partial charge in [-0.1, -0.05) is 49.4 Å². The highest BCUT2D eigenvalue weighted by molar-refractivity contribution is 6.08. The van der Waals surface area contributed by atoms with Gasteiger partial charge in [0.15, 0.2) is 11.8 Å². The van der Waals surface area contributed by atoms with Crippen molar-refractivity contribution in [2.75, 3.05) is 30.0 Å². The van der Waals surface area contributed by atoms with Gasteiger partial charge in [-0.15, -0.1) is 0 Å². The number of aliphatic hydroxyl groups excluding tert-OH is 1.